The molecule has 2 rings (SSSR count). The number of halogens is 1. The molecule has 0 saturated heterocycles. The molecule has 1 aromatic heterocycles. The summed E-state index contributed by atoms with van der Waals surface area (Å²) in [6.07, 6.45) is 1.83. The Labute approximate surface area is 128 Å². The zero-order chi connectivity index (χ0) is 14.5. The average molecular weight is 335 g/mol. The van der Waals surface area contributed by atoms with E-state index in [1.807, 2.05) is 37.5 Å². The number of aromatic nitrogens is 1. The molecule has 1 N–H and O–H groups in total. The van der Waals surface area contributed by atoms with E-state index in [2.05, 4.69) is 46.1 Å². The van der Waals surface area contributed by atoms with Crippen LogP contribution in [0.25, 0.3) is 0 Å². The molecule has 3 nitrogen and oxygen atoms in total. The molecule has 0 radical (unpaired) electrons. The van der Waals surface area contributed by atoms with Gasteiger partial charge in [0.1, 0.15) is 5.75 Å². The molecule has 1 heterocycles. The summed E-state index contributed by atoms with van der Waals surface area (Å²) in [4.78, 5) is 4.34. The van der Waals surface area contributed by atoms with Crippen LogP contribution in [0.4, 0.5) is 0 Å². The van der Waals surface area contributed by atoms with Gasteiger partial charge in [-0.3, -0.25) is 0 Å². The Morgan fingerprint density at radius 1 is 1.25 bits per heavy atom. The third-order valence-corrected chi connectivity index (χ3v) is 3.48. The number of nitrogens with one attached hydrogen (secondary N) is 1. The van der Waals surface area contributed by atoms with Crippen molar-refractivity contribution >= 4 is 15.9 Å². The summed E-state index contributed by atoms with van der Waals surface area (Å²) >= 11 is 3.50. The van der Waals surface area contributed by atoms with Gasteiger partial charge in [-0.2, -0.15) is 0 Å². The molecule has 2 aromatic rings. The van der Waals surface area contributed by atoms with Gasteiger partial charge in [-0.1, -0.05) is 35.8 Å². The number of hydrogen-bond acceptors (Lipinski definition) is 3. The van der Waals surface area contributed by atoms with E-state index in [1.54, 1.807) is 0 Å². The van der Waals surface area contributed by atoms with Crippen LogP contribution in [0.2, 0.25) is 0 Å². The molecule has 0 spiro atoms. The predicted molar refractivity (Wildman–Crippen MR) is 85.3 cm³/mol. The molecule has 0 fully saturated rings. The molecule has 106 valence electrons. The first-order valence-electron chi connectivity index (χ1n) is 6.67. The lowest BCUT2D eigenvalue weighted by atomic mass is 10.0. The zero-order valence-electron chi connectivity index (χ0n) is 12.0. The van der Waals surface area contributed by atoms with Gasteiger partial charge in [0.05, 0.1) is 0 Å². The summed E-state index contributed by atoms with van der Waals surface area (Å²) in [5.74, 6) is 1.87. The van der Waals surface area contributed by atoms with Crippen LogP contribution in [0.3, 0.4) is 0 Å². The number of rotatable bonds is 5. The third kappa shape index (κ3) is 3.81. The highest BCUT2D eigenvalue weighted by Gasteiger charge is 2.10. The Kier molecular flexibility index (Phi) is 5.15. The SMILES string of the molecule is CNCc1ccc(Oc2ccc(Br)cc2C(C)C)nc1. The van der Waals surface area contributed by atoms with Crippen LogP contribution < -0.4 is 10.1 Å². The fraction of sp³-hybridized carbons (Fsp3) is 0.312. The Hall–Kier alpha value is -1.39. The minimum absolute atomic E-state index is 0.395. The van der Waals surface area contributed by atoms with E-state index in [-0.39, 0.29) is 0 Å². The van der Waals surface area contributed by atoms with Crippen molar-refractivity contribution in [3.05, 3.63) is 52.1 Å². The van der Waals surface area contributed by atoms with E-state index in [1.165, 1.54) is 5.56 Å². The topological polar surface area (TPSA) is 34.1 Å². The molecule has 20 heavy (non-hydrogen) atoms. The van der Waals surface area contributed by atoms with Gasteiger partial charge in [0, 0.05) is 23.3 Å². The Morgan fingerprint density at radius 2 is 2.05 bits per heavy atom. The van der Waals surface area contributed by atoms with Gasteiger partial charge in [0.15, 0.2) is 0 Å². The molecule has 0 aliphatic rings. The Bertz CT molecular complexity index is 567. The van der Waals surface area contributed by atoms with Crippen LogP contribution in [-0.2, 0) is 6.54 Å². The summed E-state index contributed by atoms with van der Waals surface area (Å²) in [7, 11) is 1.92. The van der Waals surface area contributed by atoms with E-state index in [0.717, 1.165) is 22.3 Å². The molecular weight excluding hydrogens is 316 g/mol. The van der Waals surface area contributed by atoms with Gasteiger partial charge >= 0.3 is 0 Å². The molecule has 0 saturated carbocycles. The first-order valence-corrected chi connectivity index (χ1v) is 7.46. The fourth-order valence-corrected chi connectivity index (χ4v) is 2.33. The van der Waals surface area contributed by atoms with Crippen molar-refractivity contribution in [2.45, 2.75) is 26.3 Å². The quantitative estimate of drug-likeness (QED) is 0.875. The van der Waals surface area contributed by atoms with Gasteiger partial charge < -0.3 is 10.1 Å². The standard InChI is InChI=1S/C16H19BrN2O/c1-11(2)14-8-13(17)5-6-15(14)20-16-7-4-12(9-18-3)10-19-16/h4-8,10-11,18H,9H2,1-3H3. The Balaban J connectivity index is 2.21. The third-order valence-electron chi connectivity index (χ3n) is 2.99. The number of benzene rings is 1. The van der Waals surface area contributed by atoms with Gasteiger partial charge in [0.2, 0.25) is 5.88 Å². The predicted octanol–water partition coefficient (Wildman–Crippen LogP) is 4.48. The van der Waals surface area contributed by atoms with Crippen molar-refractivity contribution < 1.29 is 4.74 Å². The summed E-state index contributed by atoms with van der Waals surface area (Å²) in [5, 5.41) is 3.10. The van der Waals surface area contributed by atoms with E-state index in [9.17, 15) is 0 Å². The smallest absolute Gasteiger partial charge is 0.219 e. The molecule has 0 aliphatic carbocycles. The van der Waals surface area contributed by atoms with Crippen molar-refractivity contribution in [3.63, 3.8) is 0 Å². The molecule has 0 aliphatic heterocycles. The van der Waals surface area contributed by atoms with E-state index >= 15 is 0 Å². The molecule has 0 unspecified atom stereocenters. The van der Waals surface area contributed by atoms with Crippen molar-refractivity contribution in [2.24, 2.45) is 0 Å². The van der Waals surface area contributed by atoms with Crippen LogP contribution in [0, 0.1) is 0 Å². The minimum Gasteiger partial charge on any atom is -0.439 e. The monoisotopic (exact) mass is 334 g/mol. The largest absolute Gasteiger partial charge is 0.439 e. The zero-order valence-corrected chi connectivity index (χ0v) is 13.6. The highest BCUT2D eigenvalue weighted by molar-refractivity contribution is 9.10. The second-order valence-corrected chi connectivity index (χ2v) is 5.89. The summed E-state index contributed by atoms with van der Waals surface area (Å²) in [5.41, 5.74) is 2.31. The van der Waals surface area contributed by atoms with Gasteiger partial charge in [-0.15, -0.1) is 0 Å². The van der Waals surface area contributed by atoms with Crippen LogP contribution in [0.1, 0.15) is 30.9 Å². The number of pyridine rings is 1. The molecule has 0 atom stereocenters. The molecular formula is C16H19BrN2O. The van der Waals surface area contributed by atoms with Crippen molar-refractivity contribution in [3.8, 4) is 11.6 Å². The van der Waals surface area contributed by atoms with Crippen molar-refractivity contribution in [2.75, 3.05) is 7.05 Å². The molecule has 0 amide bonds. The van der Waals surface area contributed by atoms with E-state index < -0.39 is 0 Å². The van der Waals surface area contributed by atoms with Crippen LogP contribution in [0.5, 0.6) is 11.6 Å². The maximum absolute atomic E-state index is 5.91. The van der Waals surface area contributed by atoms with Crippen LogP contribution in [0.15, 0.2) is 41.0 Å². The lowest BCUT2D eigenvalue weighted by Gasteiger charge is -2.13. The summed E-state index contributed by atoms with van der Waals surface area (Å²) in [6, 6.07) is 9.97. The average Bonchev–Trinajstić information content (AvgIpc) is 2.43. The van der Waals surface area contributed by atoms with E-state index in [4.69, 9.17) is 4.74 Å². The molecule has 4 heteroatoms. The highest BCUT2D eigenvalue weighted by atomic mass is 79.9. The first kappa shape index (κ1) is 15.0. The van der Waals surface area contributed by atoms with Crippen LogP contribution >= 0.6 is 15.9 Å². The first-order chi connectivity index (χ1) is 9.60. The molecule has 0 bridgehead atoms. The van der Waals surface area contributed by atoms with Crippen molar-refractivity contribution in [1.29, 1.82) is 0 Å². The lowest BCUT2D eigenvalue weighted by Crippen LogP contribution is -2.05. The summed E-state index contributed by atoms with van der Waals surface area (Å²) < 4.78 is 6.97. The van der Waals surface area contributed by atoms with Gasteiger partial charge in [0.25, 0.3) is 0 Å². The number of ether oxygens (including phenoxy) is 1. The van der Waals surface area contributed by atoms with Crippen LogP contribution in [-0.4, -0.2) is 12.0 Å². The number of hydrogen-bond donors (Lipinski definition) is 1. The molecule has 1 aromatic carbocycles. The maximum atomic E-state index is 5.91. The second kappa shape index (κ2) is 6.86. The minimum atomic E-state index is 0.395. The fourth-order valence-electron chi connectivity index (χ4n) is 1.96. The normalized spacial score (nSPS) is 10.8. The second-order valence-electron chi connectivity index (χ2n) is 4.97. The Morgan fingerprint density at radius 3 is 2.65 bits per heavy atom. The van der Waals surface area contributed by atoms with Crippen molar-refractivity contribution in [1.82, 2.24) is 10.3 Å². The summed E-state index contributed by atoms with van der Waals surface area (Å²) in [6.45, 7) is 5.11. The highest BCUT2D eigenvalue weighted by Crippen LogP contribution is 2.32. The lowest BCUT2D eigenvalue weighted by molar-refractivity contribution is 0.454. The van der Waals surface area contributed by atoms with Gasteiger partial charge in [-0.25, -0.2) is 4.98 Å². The van der Waals surface area contributed by atoms with E-state index in [0.29, 0.717) is 11.8 Å². The number of nitrogens with zero attached hydrogens (tertiary/aromatic N) is 1. The maximum Gasteiger partial charge on any atom is 0.219 e. The van der Waals surface area contributed by atoms with Gasteiger partial charge in [-0.05, 0) is 42.3 Å².